The second-order valence-electron chi connectivity index (χ2n) is 4.77. The minimum absolute atomic E-state index is 0.0733. The Labute approximate surface area is 125 Å². The molecule has 1 fully saturated rings. The number of nitrogens with zero attached hydrogens (tertiary/aromatic N) is 4. The molecule has 0 bridgehead atoms. The largest absolute Gasteiger partial charge is 0.481 e. The summed E-state index contributed by atoms with van der Waals surface area (Å²) in [7, 11) is -3.22. The van der Waals surface area contributed by atoms with Crippen LogP contribution in [0.5, 0.6) is 5.75 Å². The van der Waals surface area contributed by atoms with Crippen LogP contribution in [0.4, 0.5) is 19.1 Å². The van der Waals surface area contributed by atoms with E-state index in [1.165, 1.54) is 4.31 Å². The first-order valence-electron chi connectivity index (χ1n) is 6.37. The van der Waals surface area contributed by atoms with Gasteiger partial charge in [-0.05, 0) is 0 Å². The summed E-state index contributed by atoms with van der Waals surface area (Å²) < 4.78 is 64.7. The fourth-order valence-corrected chi connectivity index (χ4v) is 2.76. The molecule has 0 radical (unpaired) electrons. The van der Waals surface area contributed by atoms with E-state index in [9.17, 15) is 21.6 Å². The quantitative estimate of drug-likeness (QED) is 0.795. The van der Waals surface area contributed by atoms with E-state index in [0.717, 1.165) is 18.6 Å². The van der Waals surface area contributed by atoms with Crippen LogP contribution >= 0.6 is 0 Å². The van der Waals surface area contributed by atoms with E-state index in [4.69, 9.17) is 0 Å². The number of rotatable bonds is 4. The lowest BCUT2D eigenvalue weighted by molar-refractivity contribution is -0.153. The molecule has 1 aliphatic rings. The molecular formula is C11H15F3N4O3S. The molecule has 0 saturated carbocycles. The third kappa shape index (κ3) is 4.70. The maximum atomic E-state index is 12.0. The fourth-order valence-electron chi connectivity index (χ4n) is 1.93. The molecular weight excluding hydrogens is 325 g/mol. The summed E-state index contributed by atoms with van der Waals surface area (Å²) in [4.78, 5) is 9.65. The second-order valence-corrected chi connectivity index (χ2v) is 6.75. The van der Waals surface area contributed by atoms with Crippen molar-refractivity contribution < 1.29 is 26.3 Å². The Hall–Kier alpha value is -1.62. The van der Waals surface area contributed by atoms with Crippen molar-refractivity contribution >= 4 is 16.0 Å². The minimum atomic E-state index is -4.42. The molecule has 1 aromatic heterocycles. The summed E-state index contributed by atoms with van der Waals surface area (Å²) in [5.74, 6) is 0.253. The van der Waals surface area contributed by atoms with E-state index in [-0.39, 0.29) is 5.75 Å². The first-order chi connectivity index (χ1) is 10.1. The van der Waals surface area contributed by atoms with E-state index in [1.54, 1.807) is 4.90 Å². The van der Waals surface area contributed by atoms with Crippen molar-refractivity contribution in [2.24, 2.45) is 0 Å². The van der Waals surface area contributed by atoms with Crippen molar-refractivity contribution in [2.45, 2.75) is 6.18 Å². The second kappa shape index (κ2) is 6.24. The summed E-state index contributed by atoms with van der Waals surface area (Å²) in [6, 6.07) is 0. The molecule has 22 heavy (non-hydrogen) atoms. The van der Waals surface area contributed by atoms with Crippen LogP contribution in [0, 0.1) is 0 Å². The molecule has 0 aliphatic carbocycles. The lowest BCUT2D eigenvalue weighted by Gasteiger charge is -2.33. The first kappa shape index (κ1) is 16.7. The predicted molar refractivity (Wildman–Crippen MR) is 72.2 cm³/mol. The van der Waals surface area contributed by atoms with Crippen LogP contribution in [0.1, 0.15) is 0 Å². The Balaban J connectivity index is 1.92. The van der Waals surface area contributed by atoms with Gasteiger partial charge in [0.25, 0.3) is 0 Å². The molecule has 1 saturated heterocycles. The fraction of sp³-hybridized carbons (Fsp3) is 0.636. The van der Waals surface area contributed by atoms with Crippen molar-refractivity contribution in [2.75, 3.05) is 43.9 Å². The lowest BCUT2D eigenvalue weighted by atomic mass is 10.4. The van der Waals surface area contributed by atoms with Gasteiger partial charge in [-0.15, -0.1) is 0 Å². The van der Waals surface area contributed by atoms with Gasteiger partial charge >= 0.3 is 6.18 Å². The smallest absolute Gasteiger partial charge is 0.422 e. The number of hydrogen-bond acceptors (Lipinski definition) is 6. The zero-order chi connectivity index (χ0) is 16.4. The normalized spacial score (nSPS) is 17.5. The number of hydrogen-bond donors (Lipinski definition) is 0. The van der Waals surface area contributed by atoms with Crippen molar-refractivity contribution in [3.63, 3.8) is 0 Å². The first-order valence-corrected chi connectivity index (χ1v) is 8.22. The lowest BCUT2D eigenvalue weighted by Crippen LogP contribution is -2.48. The summed E-state index contributed by atoms with van der Waals surface area (Å²) >= 11 is 0. The average molecular weight is 340 g/mol. The topological polar surface area (TPSA) is 75.6 Å². The molecule has 0 unspecified atom stereocenters. The SMILES string of the molecule is CS(=O)(=O)N1CCN(c2ncc(OCC(F)(F)F)cn2)CC1. The van der Waals surface area contributed by atoms with E-state index < -0.39 is 22.8 Å². The number of ether oxygens (including phenoxy) is 1. The van der Waals surface area contributed by atoms with E-state index >= 15 is 0 Å². The highest BCUT2D eigenvalue weighted by Gasteiger charge is 2.28. The van der Waals surface area contributed by atoms with Gasteiger partial charge in [-0.25, -0.2) is 18.4 Å². The van der Waals surface area contributed by atoms with Crippen molar-refractivity contribution in [1.29, 1.82) is 0 Å². The summed E-state index contributed by atoms with van der Waals surface area (Å²) in [5, 5.41) is 0. The van der Waals surface area contributed by atoms with Crippen LogP contribution in [0.15, 0.2) is 12.4 Å². The predicted octanol–water partition coefficient (Wildman–Crippen LogP) is 0.499. The van der Waals surface area contributed by atoms with Gasteiger partial charge in [0.1, 0.15) is 0 Å². The minimum Gasteiger partial charge on any atom is -0.481 e. The maximum absolute atomic E-state index is 12.0. The van der Waals surface area contributed by atoms with Gasteiger partial charge < -0.3 is 9.64 Å². The third-order valence-corrected chi connectivity index (χ3v) is 4.31. The molecule has 2 heterocycles. The van der Waals surface area contributed by atoms with E-state index in [2.05, 4.69) is 14.7 Å². The number of halogens is 3. The highest BCUT2D eigenvalue weighted by Crippen LogP contribution is 2.19. The molecule has 0 spiro atoms. The van der Waals surface area contributed by atoms with Crippen molar-refractivity contribution in [1.82, 2.24) is 14.3 Å². The molecule has 0 aromatic carbocycles. The van der Waals surface area contributed by atoms with Gasteiger partial charge in [-0.1, -0.05) is 0 Å². The molecule has 7 nitrogen and oxygen atoms in total. The van der Waals surface area contributed by atoms with Crippen molar-refractivity contribution in [3.8, 4) is 5.75 Å². The molecule has 124 valence electrons. The van der Waals surface area contributed by atoms with Gasteiger partial charge in [0.05, 0.1) is 18.6 Å². The van der Waals surface area contributed by atoms with Crippen LogP contribution in [-0.2, 0) is 10.0 Å². The summed E-state index contributed by atoms with van der Waals surface area (Å²) in [6.45, 7) is 0.0530. The molecule has 11 heteroatoms. The van der Waals surface area contributed by atoms with E-state index in [1.807, 2.05) is 0 Å². The summed E-state index contributed by atoms with van der Waals surface area (Å²) in [5.41, 5.74) is 0. The zero-order valence-electron chi connectivity index (χ0n) is 11.7. The molecule has 1 aliphatic heterocycles. The molecule has 2 rings (SSSR count). The molecule has 1 aromatic rings. The van der Waals surface area contributed by atoms with Gasteiger partial charge in [-0.3, -0.25) is 0 Å². The van der Waals surface area contributed by atoms with Crippen LogP contribution in [0.25, 0.3) is 0 Å². The van der Waals surface area contributed by atoms with Crippen molar-refractivity contribution in [3.05, 3.63) is 12.4 Å². The molecule has 0 N–H and O–H groups in total. The standard InChI is InChI=1S/C11H15F3N4O3S/c1-22(19,20)18-4-2-17(3-5-18)10-15-6-9(7-16-10)21-8-11(12,13)14/h6-7H,2-5,8H2,1H3. The van der Waals surface area contributed by atoms with E-state index in [0.29, 0.717) is 32.1 Å². The highest BCUT2D eigenvalue weighted by atomic mass is 32.2. The number of alkyl halides is 3. The highest BCUT2D eigenvalue weighted by molar-refractivity contribution is 7.88. The Morgan fingerprint density at radius 2 is 1.73 bits per heavy atom. The van der Waals surface area contributed by atoms with Gasteiger partial charge in [0.15, 0.2) is 12.4 Å². The average Bonchev–Trinajstić information content (AvgIpc) is 2.44. The summed E-state index contributed by atoms with van der Waals surface area (Å²) in [6.07, 6.45) is -0.944. The van der Waals surface area contributed by atoms with Crippen LogP contribution in [0.2, 0.25) is 0 Å². The Morgan fingerprint density at radius 3 is 2.18 bits per heavy atom. The monoisotopic (exact) mass is 340 g/mol. The maximum Gasteiger partial charge on any atom is 0.422 e. The van der Waals surface area contributed by atoms with Crippen LogP contribution in [-0.4, -0.2) is 67.9 Å². The zero-order valence-corrected chi connectivity index (χ0v) is 12.6. The Bertz CT molecular complexity index is 598. The van der Waals surface area contributed by atoms with Crippen LogP contribution < -0.4 is 9.64 Å². The molecule has 0 amide bonds. The van der Waals surface area contributed by atoms with Gasteiger partial charge in [-0.2, -0.15) is 17.5 Å². The molecule has 0 atom stereocenters. The third-order valence-electron chi connectivity index (χ3n) is 3.01. The Kier molecular flexibility index (Phi) is 4.75. The number of aromatic nitrogens is 2. The number of sulfonamides is 1. The van der Waals surface area contributed by atoms with Gasteiger partial charge in [0, 0.05) is 26.2 Å². The number of anilines is 1. The number of piperazine rings is 1. The van der Waals surface area contributed by atoms with Crippen LogP contribution in [0.3, 0.4) is 0 Å². The van der Waals surface area contributed by atoms with Gasteiger partial charge in [0.2, 0.25) is 16.0 Å². The Morgan fingerprint density at radius 1 is 1.18 bits per heavy atom.